The van der Waals surface area contributed by atoms with Gasteiger partial charge in [-0.05, 0) is 12.5 Å². The average molecular weight is 246 g/mol. The van der Waals surface area contributed by atoms with Gasteiger partial charge in [-0.1, -0.05) is 22.0 Å². The van der Waals surface area contributed by atoms with E-state index in [4.69, 9.17) is 4.42 Å². The number of aromatic nitrogens is 1. The lowest BCUT2D eigenvalue weighted by Crippen LogP contribution is -2.10. The van der Waals surface area contributed by atoms with E-state index in [0.717, 1.165) is 11.5 Å². The van der Waals surface area contributed by atoms with Crippen LogP contribution >= 0.6 is 27.7 Å². The van der Waals surface area contributed by atoms with E-state index >= 15 is 0 Å². The van der Waals surface area contributed by atoms with Gasteiger partial charge in [0, 0.05) is 5.75 Å². The minimum Gasteiger partial charge on any atom is -0.446 e. The van der Waals surface area contributed by atoms with Gasteiger partial charge >= 0.3 is 0 Å². The number of rotatable bonds is 1. The molecule has 0 fully saturated rings. The molecule has 0 aliphatic carbocycles. The summed E-state index contributed by atoms with van der Waals surface area (Å²) in [4.78, 5) is 3.91. The Hall–Kier alpha value is -0.220. The van der Waals surface area contributed by atoms with Crippen LogP contribution in [0.3, 0.4) is 0 Å². The van der Waals surface area contributed by atoms with E-state index in [1.807, 2.05) is 0 Å². The Morgan fingerprint density at radius 3 is 3.08 bits per heavy atom. The maximum absolute atomic E-state index is 5.27. The Morgan fingerprint density at radius 2 is 2.58 bits per heavy atom. The third kappa shape index (κ3) is 1.13. The zero-order valence-electron chi connectivity index (χ0n) is 6.58. The highest BCUT2D eigenvalue weighted by Crippen LogP contribution is 2.52. The number of oxazole rings is 1. The minimum absolute atomic E-state index is 0.163. The molecule has 1 aliphatic rings. The molecule has 1 atom stereocenters. The Bertz CT molecular complexity index is 309. The second-order valence-electron chi connectivity index (χ2n) is 2.66. The fourth-order valence-electron chi connectivity index (χ4n) is 1.17. The summed E-state index contributed by atoms with van der Waals surface area (Å²) in [7, 11) is 0. The zero-order chi connectivity index (χ0) is 8.60. The summed E-state index contributed by atoms with van der Waals surface area (Å²) in [6, 6.07) is 0. The molecule has 1 aliphatic heterocycles. The molecule has 12 heavy (non-hydrogen) atoms. The monoisotopic (exact) mass is 245 g/mol. The van der Waals surface area contributed by atoms with Crippen molar-refractivity contribution in [1.82, 2.24) is 4.98 Å². The predicted molar refractivity (Wildman–Crippen MR) is 53.3 cm³/mol. The molecule has 0 spiro atoms. The first-order chi connectivity index (χ1) is 5.73. The minimum atomic E-state index is -0.163. The third-order valence-electron chi connectivity index (χ3n) is 1.93. The van der Waals surface area contributed by atoms with Gasteiger partial charge in [0.1, 0.15) is 0 Å². The van der Waals surface area contributed by atoms with Crippen LogP contribution in [0.1, 0.15) is 12.7 Å². The molecule has 0 saturated heterocycles. The second-order valence-corrected chi connectivity index (χ2v) is 5.61. The highest BCUT2D eigenvalue weighted by molar-refractivity contribution is 9.11. The number of nitrogens with zero attached hydrogens (tertiary/aromatic N) is 1. The predicted octanol–water partition coefficient (Wildman–Crippen LogP) is 2.92. The Morgan fingerprint density at radius 1 is 1.75 bits per heavy atom. The summed E-state index contributed by atoms with van der Waals surface area (Å²) < 4.78 is 5.11. The molecule has 2 nitrogen and oxygen atoms in total. The van der Waals surface area contributed by atoms with E-state index in [2.05, 4.69) is 33.9 Å². The summed E-state index contributed by atoms with van der Waals surface area (Å²) in [5.41, 5.74) is 1.28. The number of alkyl halides is 1. The maximum Gasteiger partial charge on any atom is 0.180 e. The Balaban J connectivity index is 2.40. The van der Waals surface area contributed by atoms with E-state index in [1.54, 1.807) is 18.0 Å². The van der Waals surface area contributed by atoms with Gasteiger partial charge in [0.05, 0.1) is 6.20 Å². The van der Waals surface area contributed by atoms with Gasteiger partial charge in [-0.25, -0.2) is 4.98 Å². The molecule has 2 heterocycles. The van der Waals surface area contributed by atoms with E-state index in [-0.39, 0.29) is 3.66 Å². The van der Waals surface area contributed by atoms with Crippen molar-refractivity contribution < 1.29 is 4.42 Å². The van der Waals surface area contributed by atoms with Gasteiger partial charge in [0.2, 0.25) is 0 Å². The van der Waals surface area contributed by atoms with Gasteiger partial charge in [-0.3, -0.25) is 0 Å². The fourth-order valence-corrected chi connectivity index (χ4v) is 3.04. The average Bonchev–Trinajstić information content (AvgIpc) is 2.62. The van der Waals surface area contributed by atoms with Gasteiger partial charge < -0.3 is 4.42 Å². The molecule has 4 heteroatoms. The molecule has 1 unspecified atom stereocenters. The molecule has 0 N–H and O–H groups in total. The van der Waals surface area contributed by atoms with Crippen LogP contribution in [0, 0.1) is 0 Å². The summed E-state index contributed by atoms with van der Waals surface area (Å²) in [6.07, 6.45) is 5.41. The van der Waals surface area contributed by atoms with E-state index in [1.165, 1.54) is 12.0 Å². The molecule has 0 aromatic carbocycles. The largest absolute Gasteiger partial charge is 0.446 e. The molecule has 64 valence electrons. The van der Waals surface area contributed by atoms with Crippen LogP contribution in [0.2, 0.25) is 0 Å². The number of hydrogen-bond acceptors (Lipinski definition) is 3. The van der Waals surface area contributed by atoms with Crippen LogP contribution in [0.4, 0.5) is 0 Å². The number of halogens is 1. The molecule has 0 saturated carbocycles. The molecule has 1 aromatic heterocycles. The van der Waals surface area contributed by atoms with Gasteiger partial charge in [0.25, 0.3) is 0 Å². The van der Waals surface area contributed by atoms with Crippen molar-refractivity contribution in [3.63, 3.8) is 0 Å². The topological polar surface area (TPSA) is 26.0 Å². The normalized spacial score (nSPS) is 29.0. The van der Waals surface area contributed by atoms with Crippen molar-refractivity contribution in [3.8, 4) is 0 Å². The Kier molecular flexibility index (Phi) is 2.04. The highest BCUT2D eigenvalue weighted by Gasteiger charge is 2.37. The molecule has 1 aromatic rings. The van der Waals surface area contributed by atoms with Crippen molar-refractivity contribution in [2.45, 2.75) is 10.6 Å². The Labute approximate surface area is 83.6 Å². The fraction of sp³-hybridized carbons (Fsp3) is 0.375. The van der Waals surface area contributed by atoms with E-state index in [9.17, 15) is 0 Å². The van der Waals surface area contributed by atoms with Crippen molar-refractivity contribution in [2.24, 2.45) is 0 Å². The molecule has 0 amide bonds. The molecular formula is C8H8BrNOS. The third-order valence-corrected chi connectivity index (χ3v) is 4.89. The summed E-state index contributed by atoms with van der Waals surface area (Å²) >= 11 is 5.46. The maximum atomic E-state index is 5.27. The highest BCUT2D eigenvalue weighted by atomic mass is 79.9. The summed E-state index contributed by atoms with van der Waals surface area (Å²) in [5.74, 6) is 1.90. The van der Waals surface area contributed by atoms with Crippen molar-refractivity contribution in [1.29, 1.82) is 0 Å². The van der Waals surface area contributed by atoms with Crippen LogP contribution in [0.25, 0.3) is 0 Å². The zero-order valence-corrected chi connectivity index (χ0v) is 8.98. The second kappa shape index (κ2) is 2.92. The first-order valence-corrected chi connectivity index (χ1v) is 5.40. The lowest BCUT2D eigenvalue weighted by Gasteiger charge is -2.19. The quantitative estimate of drug-likeness (QED) is 0.563. The van der Waals surface area contributed by atoms with Crippen LogP contribution in [-0.4, -0.2) is 10.7 Å². The number of hydrogen-bond donors (Lipinski definition) is 0. The van der Waals surface area contributed by atoms with Crippen molar-refractivity contribution >= 4 is 27.7 Å². The van der Waals surface area contributed by atoms with E-state index in [0.29, 0.717) is 0 Å². The van der Waals surface area contributed by atoms with Crippen LogP contribution in [0.15, 0.2) is 28.7 Å². The first-order valence-electron chi connectivity index (χ1n) is 3.62. The summed E-state index contributed by atoms with van der Waals surface area (Å²) in [6.45, 7) is 2.09. The van der Waals surface area contributed by atoms with Crippen LogP contribution in [-0.2, 0) is 3.66 Å². The molecule has 0 bridgehead atoms. The molecule has 2 rings (SSSR count). The van der Waals surface area contributed by atoms with Crippen LogP contribution in [0.5, 0.6) is 0 Å². The lowest BCUT2D eigenvalue weighted by molar-refractivity contribution is 0.505. The lowest BCUT2D eigenvalue weighted by atomic mass is 10.2. The first kappa shape index (κ1) is 8.38. The molecular weight excluding hydrogens is 238 g/mol. The van der Waals surface area contributed by atoms with Crippen molar-refractivity contribution in [3.05, 3.63) is 30.0 Å². The summed E-state index contributed by atoms with van der Waals surface area (Å²) in [5, 5.41) is 0. The van der Waals surface area contributed by atoms with Gasteiger partial charge in [0.15, 0.2) is 15.8 Å². The van der Waals surface area contributed by atoms with Gasteiger partial charge in [-0.2, -0.15) is 0 Å². The standard InChI is InChI=1S/C8H8BrNOS/c1-6-2-3-12-8(6,9)7-4-10-5-11-7/h2,4-5H,3H2,1H3. The smallest absolute Gasteiger partial charge is 0.180 e. The molecule has 0 radical (unpaired) electrons. The van der Waals surface area contributed by atoms with Crippen molar-refractivity contribution in [2.75, 3.05) is 5.75 Å². The van der Waals surface area contributed by atoms with Gasteiger partial charge in [-0.15, -0.1) is 11.8 Å². The SMILES string of the molecule is CC1=CCSC1(Br)c1cnco1. The van der Waals surface area contributed by atoms with Crippen LogP contribution < -0.4 is 0 Å². The van der Waals surface area contributed by atoms with E-state index < -0.39 is 0 Å². The number of thioether (sulfide) groups is 1.